The first kappa shape index (κ1) is 35.2. The molecule has 7 rings (SSSR count). The van der Waals surface area contributed by atoms with E-state index in [1.807, 2.05) is 67.7 Å². The molecule has 1 aliphatic rings. The average molecular weight is 719 g/mol. The molecule has 0 fully saturated rings. The van der Waals surface area contributed by atoms with Gasteiger partial charge in [0.05, 0.1) is 27.9 Å². The first-order valence-electron chi connectivity index (χ1n) is 17.0. The number of carboxylic acids is 2. The van der Waals surface area contributed by atoms with Crippen LogP contribution in [-0.2, 0) is 5.41 Å². The molecule has 0 saturated heterocycles. The number of ether oxygens (including phenoxy) is 2. The fourth-order valence-corrected chi connectivity index (χ4v) is 6.41. The summed E-state index contributed by atoms with van der Waals surface area (Å²) in [5.74, 6) is -1.15. The van der Waals surface area contributed by atoms with E-state index in [0.29, 0.717) is 28.3 Å². The highest BCUT2D eigenvalue weighted by molar-refractivity contribution is 6.34. The zero-order valence-electron chi connectivity index (χ0n) is 29.5. The van der Waals surface area contributed by atoms with Gasteiger partial charge in [-0.25, -0.2) is 14.5 Å². The maximum atomic E-state index is 13.5. The van der Waals surface area contributed by atoms with Gasteiger partial charge in [0.25, 0.3) is 11.8 Å². The molecular weight excluding hydrogens is 684 g/mol. The summed E-state index contributed by atoms with van der Waals surface area (Å²) in [6, 6.07) is 38.8. The van der Waals surface area contributed by atoms with E-state index in [1.165, 1.54) is 30.3 Å². The molecule has 0 atom stereocenters. The van der Waals surface area contributed by atoms with E-state index in [9.17, 15) is 29.4 Å². The van der Waals surface area contributed by atoms with E-state index < -0.39 is 23.8 Å². The first-order chi connectivity index (χ1) is 25.9. The molecule has 0 unspecified atom stereocenters. The van der Waals surface area contributed by atoms with Gasteiger partial charge in [-0.3, -0.25) is 9.59 Å². The maximum absolute atomic E-state index is 13.5. The summed E-state index contributed by atoms with van der Waals surface area (Å²) in [7, 11) is 1.87. The highest BCUT2D eigenvalue weighted by atomic mass is 16.5. The molecule has 0 radical (unpaired) electrons. The van der Waals surface area contributed by atoms with E-state index >= 15 is 0 Å². The van der Waals surface area contributed by atoms with Crippen LogP contribution in [0.2, 0.25) is 0 Å². The van der Waals surface area contributed by atoms with Gasteiger partial charge in [-0.2, -0.15) is 0 Å². The SMILES string of the molecule is CNc1ccc(Oc2ccc(C(C)(C)c3ccc(Oc4ccc(N5C(=O)c6ccc(-c7ccc(C(=O)O)c(C(=O)O)c7)cc6C5=O)cc4)cc3)cc2)cc1. The second kappa shape index (κ2) is 14.1. The van der Waals surface area contributed by atoms with Crippen molar-refractivity contribution in [2.75, 3.05) is 17.3 Å². The Labute approximate surface area is 310 Å². The Morgan fingerprint density at radius 1 is 0.556 bits per heavy atom. The number of rotatable bonds is 11. The molecule has 268 valence electrons. The first-order valence-corrected chi connectivity index (χ1v) is 17.0. The van der Waals surface area contributed by atoms with Gasteiger partial charge in [-0.1, -0.05) is 50.2 Å². The van der Waals surface area contributed by atoms with Crippen LogP contribution in [0, 0.1) is 0 Å². The van der Waals surface area contributed by atoms with E-state index in [1.54, 1.807) is 30.3 Å². The summed E-state index contributed by atoms with van der Waals surface area (Å²) >= 11 is 0. The predicted molar refractivity (Wildman–Crippen MR) is 205 cm³/mol. The molecule has 10 heteroatoms. The third-order valence-corrected chi connectivity index (χ3v) is 9.56. The minimum atomic E-state index is -1.39. The lowest BCUT2D eigenvalue weighted by atomic mass is 9.78. The zero-order chi connectivity index (χ0) is 38.1. The molecule has 3 N–H and O–H groups in total. The van der Waals surface area contributed by atoms with Crippen molar-refractivity contribution in [1.82, 2.24) is 0 Å². The number of carbonyl (C=O) groups is 4. The number of fused-ring (bicyclic) bond motifs is 1. The number of nitrogens with zero attached hydrogens (tertiary/aromatic N) is 1. The molecule has 0 spiro atoms. The fourth-order valence-electron chi connectivity index (χ4n) is 6.41. The number of hydrogen-bond donors (Lipinski definition) is 3. The third-order valence-electron chi connectivity index (χ3n) is 9.56. The van der Waals surface area contributed by atoms with E-state index in [-0.39, 0.29) is 27.7 Å². The Bertz CT molecular complexity index is 2420. The van der Waals surface area contributed by atoms with Gasteiger partial charge in [0, 0.05) is 18.2 Å². The standard InChI is InChI=1S/C44H34N2O8/c1-44(2,28-6-14-32(15-7-28)53-34-18-10-30(45-3)11-19-34)29-8-16-33(17-9-29)54-35-20-12-31(13-21-35)46-40(47)36-22-4-26(24-38(36)41(46)48)27-5-23-37(42(49)50)39(25-27)43(51)52/h4-25,45H,1-3H3,(H,49,50)(H,51,52). The van der Waals surface area contributed by atoms with Gasteiger partial charge in [0.2, 0.25) is 0 Å². The predicted octanol–water partition coefficient (Wildman–Crippen LogP) is 9.50. The molecule has 1 heterocycles. The molecule has 54 heavy (non-hydrogen) atoms. The van der Waals surface area contributed by atoms with Crippen molar-refractivity contribution < 1.29 is 38.9 Å². The molecule has 6 aromatic carbocycles. The number of amides is 2. The van der Waals surface area contributed by atoms with E-state index in [2.05, 4.69) is 31.3 Å². The molecule has 0 bridgehead atoms. The van der Waals surface area contributed by atoms with Crippen molar-refractivity contribution in [2.45, 2.75) is 19.3 Å². The topological polar surface area (TPSA) is 142 Å². The Morgan fingerprint density at radius 2 is 1.00 bits per heavy atom. The summed E-state index contributed by atoms with van der Waals surface area (Å²) < 4.78 is 12.1. The Morgan fingerprint density at radius 3 is 1.50 bits per heavy atom. The van der Waals surface area contributed by atoms with Gasteiger partial charge in [-0.05, 0) is 119 Å². The van der Waals surface area contributed by atoms with Gasteiger partial charge in [-0.15, -0.1) is 0 Å². The lowest BCUT2D eigenvalue weighted by Crippen LogP contribution is -2.29. The van der Waals surface area contributed by atoms with Crippen LogP contribution < -0.4 is 19.7 Å². The summed E-state index contributed by atoms with van der Waals surface area (Å²) in [5, 5.41) is 22.0. The Kier molecular flexibility index (Phi) is 9.18. The van der Waals surface area contributed by atoms with Gasteiger partial charge < -0.3 is 25.0 Å². The average Bonchev–Trinajstić information content (AvgIpc) is 3.43. The molecule has 0 saturated carbocycles. The maximum Gasteiger partial charge on any atom is 0.336 e. The van der Waals surface area contributed by atoms with Crippen LogP contribution in [0.4, 0.5) is 11.4 Å². The minimum Gasteiger partial charge on any atom is -0.478 e. The molecular formula is C44H34N2O8. The number of nitrogens with one attached hydrogen (secondary N) is 1. The fraction of sp³-hybridized carbons (Fsp3) is 0.0909. The molecule has 2 amide bonds. The van der Waals surface area contributed by atoms with Crippen LogP contribution in [-0.4, -0.2) is 41.0 Å². The number of aromatic carboxylic acids is 2. The number of anilines is 2. The monoisotopic (exact) mass is 718 g/mol. The summed E-state index contributed by atoms with van der Waals surface area (Å²) in [6.45, 7) is 4.31. The minimum absolute atomic E-state index is 0.153. The van der Waals surface area contributed by atoms with Gasteiger partial charge >= 0.3 is 11.9 Å². The summed E-state index contributed by atoms with van der Waals surface area (Å²) in [4.78, 5) is 51.1. The van der Waals surface area contributed by atoms with Crippen LogP contribution in [0.5, 0.6) is 23.0 Å². The Balaban J connectivity index is 1.01. The number of carbonyl (C=O) groups excluding carboxylic acids is 2. The smallest absolute Gasteiger partial charge is 0.336 e. The number of imide groups is 1. The molecule has 0 aromatic heterocycles. The van der Waals surface area contributed by atoms with Crippen LogP contribution in [0.3, 0.4) is 0 Å². The highest BCUT2D eigenvalue weighted by Crippen LogP contribution is 2.36. The molecule has 10 nitrogen and oxygen atoms in total. The van der Waals surface area contributed by atoms with Crippen molar-refractivity contribution in [2.24, 2.45) is 0 Å². The lowest BCUT2D eigenvalue weighted by Gasteiger charge is -2.26. The quantitative estimate of drug-likeness (QED) is 0.112. The third kappa shape index (κ3) is 6.75. The van der Waals surface area contributed by atoms with Crippen LogP contribution in [0.25, 0.3) is 11.1 Å². The second-order valence-corrected chi connectivity index (χ2v) is 13.2. The number of carboxylic acid groups (broad SMARTS) is 2. The van der Waals surface area contributed by atoms with Crippen molar-refractivity contribution >= 4 is 35.1 Å². The van der Waals surface area contributed by atoms with E-state index in [0.717, 1.165) is 33.2 Å². The van der Waals surface area contributed by atoms with Gasteiger partial charge in [0.15, 0.2) is 0 Å². The van der Waals surface area contributed by atoms with Gasteiger partial charge in [0.1, 0.15) is 23.0 Å². The van der Waals surface area contributed by atoms with E-state index in [4.69, 9.17) is 9.47 Å². The zero-order valence-corrected chi connectivity index (χ0v) is 29.5. The van der Waals surface area contributed by atoms with Crippen molar-refractivity contribution in [3.63, 3.8) is 0 Å². The largest absolute Gasteiger partial charge is 0.478 e. The van der Waals surface area contributed by atoms with Crippen molar-refractivity contribution in [3.8, 4) is 34.1 Å². The molecule has 0 aliphatic carbocycles. The lowest BCUT2D eigenvalue weighted by molar-refractivity contribution is 0.0651. The van der Waals surface area contributed by atoms with Crippen LogP contribution in [0.15, 0.2) is 133 Å². The van der Waals surface area contributed by atoms with Crippen LogP contribution >= 0.6 is 0 Å². The van der Waals surface area contributed by atoms with Crippen molar-refractivity contribution in [1.29, 1.82) is 0 Å². The Hall–Kier alpha value is -7.20. The summed E-state index contributed by atoms with van der Waals surface area (Å²) in [5.41, 5.74) is 3.76. The molecule has 6 aromatic rings. The summed E-state index contributed by atoms with van der Waals surface area (Å²) in [6.07, 6.45) is 0. The van der Waals surface area contributed by atoms with Crippen molar-refractivity contribution in [3.05, 3.63) is 167 Å². The number of hydrogen-bond acceptors (Lipinski definition) is 7. The molecule has 1 aliphatic heterocycles. The normalized spacial score (nSPS) is 12.3. The highest BCUT2D eigenvalue weighted by Gasteiger charge is 2.37. The number of benzene rings is 6. The van der Waals surface area contributed by atoms with Crippen LogP contribution in [0.1, 0.15) is 66.4 Å². The second-order valence-electron chi connectivity index (χ2n) is 13.2.